The summed E-state index contributed by atoms with van der Waals surface area (Å²) in [7, 11) is 0. The molecule has 0 aliphatic carbocycles. The van der Waals surface area contributed by atoms with Gasteiger partial charge in [-0.3, -0.25) is 10.1 Å². The summed E-state index contributed by atoms with van der Waals surface area (Å²) in [6, 6.07) is 14.4. The van der Waals surface area contributed by atoms with Crippen LogP contribution in [0.1, 0.15) is 39.7 Å². The predicted molar refractivity (Wildman–Crippen MR) is 123 cm³/mol. The number of halogens is 1. The van der Waals surface area contributed by atoms with Gasteiger partial charge < -0.3 is 14.4 Å². The molecule has 31 heavy (non-hydrogen) atoms. The Hall–Kier alpha value is -2.83. The molecular weight excluding hydrogens is 416 g/mol. The van der Waals surface area contributed by atoms with E-state index >= 15 is 0 Å². The first-order chi connectivity index (χ1) is 14.6. The highest BCUT2D eigenvalue weighted by atomic mass is 35.5. The monoisotopic (exact) mass is 442 g/mol. The van der Waals surface area contributed by atoms with E-state index < -0.39 is 17.2 Å². The number of aliphatic hydroxyl groups excluding tert-OH is 1. The van der Waals surface area contributed by atoms with Crippen molar-refractivity contribution in [1.29, 1.82) is 0 Å². The van der Waals surface area contributed by atoms with Crippen LogP contribution >= 0.6 is 11.6 Å². The van der Waals surface area contributed by atoms with Crippen molar-refractivity contribution < 1.29 is 19.4 Å². The molecule has 6 nitrogen and oxygen atoms in total. The van der Waals surface area contributed by atoms with Crippen molar-refractivity contribution in [3.8, 4) is 0 Å². The zero-order chi connectivity index (χ0) is 22.8. The lowest BCUT2D eigenvalue weighted by Gasteiger charge is -2.34. The number of nitrogens with zero attached hydrogens (tertiary/aromatic N) is 1. The Morgan fingerprint density at radius 2 is 1.77 bits per heavy atom. The Balaban J connectivity index is 2.12. The molecule has 0 bridgehead atoms. The standard InChI is InChI=1S/C24H27ClN2O4/c1-16(29)14-24(15-28,17-8-10-18(25)11-9-17)27-13-12-19-20(6-5-7-21(19)27)26-22(30)31-23(2,3)4/h5-13,28H,14-15H2,1-4H3,(H,26,30). The first-order valence-corrected chi connectivity index (χ1v) is 10.4. The molecule has 1 heterocycles. The summed E-state index contributed by atoms with van der Waals surface area (Å²) in [6.07, 6.45) is 1.36. The van der Waals surface area contributed by atoms with Gasteiger partial charge >= 0.3 is 6.09 Å². The van der Waals surface area contributed by atoms with E-state index in [9.17, 15) is 14.7 Å². The summed E-state index contributed by atoms with van der Waals surface area (Å²) in [6.45, 7) is 6.61. The average Bonchev–Trinajstić information content (AvgIpc) is 3.11. The molecule has 3 rings (SSSR count). The van der Waals surface area contributed by atoms with E-state index in [1.54, 1.807) is 39.0 Å². The van der Waals surface area contributed by atoms with Gasteiger partial charge in [-0.05, 0) is 63.6 Å². The third-order valence-electron chi connectivity index (χ3n) is 5.01. The summed E-state index contributed by atoms with van der Waals surface area (Å²) < 4.78 is 7.25. The Labute approximate surface area is 186 Å². The summed E-state index contributed by atoms with van der Waals surface area (Å²) in [5.41, 5.74) is 0.474. The number of amides is 1. The lowest BCUT2D eigenvalue weighted by Crippen LogP contribution is -2.40. The predicted octanol–water partition coefficient (Wildman–Crippen LogP) is 5.36. The second-order valence-corrected chi connectivity index (χ2v) is 9.06. The number of carbonyl (C=O) groups is 2. The lowest BCUT2D eigenvalue weighted by molar-refractivity contribution is -0.119. The second-order valence-electron chi connectivity index (χ2n) is 8.63. The molecule has 0 fully saturated rings. The fraction of sp³-hybridized carbons (Fsp3) is 0.333. The van der Waals surface area contributed by atoms with Crippen LogP contribution in [0.5, 0.6) is 0 Å². The van der Waals surface area contributed by atoms with Gasteiger partial charge in [0.2, 0.25) is 0 Å². The maximum atomic E-state index is 12.3. The van der Waals surface area contributed by atoms with Crippen LogP contribution in [0, 0.1) is 0 Å². The molecule has 0 aliphatic rings. The number of aromatic nitrogens is 1. The molecule has 164 valence electrons. The average molecular weight is 443 g/mol. The fourth-order valence-corrected chi connectivity index (χ4v) is 3.91. The molecule has 1 amide bonds. The van der Waals surface area contributed by atoms with Gasteiger partial charge in [-0.1, -0.05) is 29.8 Å². The number of fused-ring (bicyclic) bond motifs is 1. The molecule has 0 radical (unpaired) electrons. The van der Waals surface area contributed by atoms with Crippen LogP contribution in [0.2, 0.25) is 5.02 Å². The van der Waals surface area contributed by atoms with Crippen LogP contribution in [-0.2, 0) is 15.1 Å². The summed E-state index contributed by atoms with van der Waals surface area (Å²) >= 11 is 6.06. The molecule has 1 unspecified atom stereocenters. The summed E-state index contributed by atoms with van der Waals surface area (Å²) in [4.78, 5) is 24.5. The maximum Gasteiger partial charge on any atom is 0.412 e. The topological polar surface area (TPSA) is 80.6 Å². The van der Waals surface area contributed by atoms with E-state index in [2.05, 4.69) is 5.32 Å². The number of ether oxygens (including phenoxy) is 1. The van der Waals surface area contributed by atoms with Gasteiger partial charge in [0.1, 0.15) is 11.4 Å². The number of hydrogen-bond donors (Lipinski definition) is 2. The van der Waals surface area contributed by atoms with Crippen molar-refractivity contribution >= 4 is 40.1 Å². The molecule has 0 saturated carbocycles. The van der Waals surface area contributed by atoms with Gasteiger partial charge in [-0.2, -0.15) is 0 Å². The van der Waals surface area contributed by atoms with Crippen molar-refractivity contribution in [1.82, 2.24) is 4.57 Å². The van der Waals surface area contributed by atoms with Gasteiger partial charge in [0.25, 0.3) is 0 Å². The van der Waals surface area contributed by atoms with Crippen molar-refractivity contribution in [3.05, 3.63) is 65.3 Å². The zero-order valence-corrected chi connectivity index (χ0v) is 18.9. The molecule has 0 saturated heterocycles. The molecule has 7 heteroatoms. The van der Waals surface area contributed by atoms with E-state index in [-0.39, 0.29) is 18.8 Å². The third kappa shape index (κ3) is 4.92. The lowest BCUT2D eigenvalue weighted by atomic mass is 9.85. The molecule has 3 aromatic rings. The molecule has 2 aromatic carbocycles. The molecule has 1 aromatic heterocycles. The fourth-order valence-electron chi connectivity index (χ4n) is 3.79. The van der Waals surface area contributed by atoms with E-state index in [1.807, 2.05) is 41.1 Å². The second kappa shape index (κ2) is 8.73. The maximum absolute atomic E-state index is 12.3. The largest absolute Gasteiger partial charge is 0.444 e. The zero-order valence-electron chi connectivity index (χ0n) is 18.1. The van der Waals surface area contributed by atoms with Crippen LogP contribution in [0.15, 0.2) is 54.7 Å². The van der Waals surface area contributed by atoms with Crippen molar-refractivity contribution in [2.75, 3.05) is 11.9 Å². The van der Waals surface area contributed by atoms with Crippen LogP contribution in [0.4, 0.5) is 10.5 Å². The van der Waals surface area contributed by atoms with Gasteiger partial charge in [0.15, 0.2) is 0 Å². The number of aliphatic hydroxyl groups is 1. The SMILES string of the molecule is CC(=O)CC(CO)(c1ccc(Cl)cc1)n1ccc2c(NC(=O)OC(C)(C)C)cccc21. The number of rotatable bonds is 6. The normalized spacial score (nSPS) is 13.6. The Kier molecular flexibility index (Phi) is 6.43. The van der Waals surface area contributed by atoms with Crippen LogP contribution in [0.3, 0.4) is 0 Å². The number of carbonyl (C=O) groups excluding carboxylic acids is 2. The Morgan fingerprint density at radius 1 is 1.10 bits per heavy atom. The minimum Gasteiger partial charge on any atom is -0.444 e. The highest BCUT2D eigenvalue weighted by Gasteiger charge is 2.36. The number of hydrogen-bond acceptors (Lipinski definition) is 4. The Bertz CT molecular complexity index is 1100. The van der Waals surface area contributed by atoms with Crippen molar-refractivity contribution in [2.45, 2.75) is 45.3 Å². The smallest absolute Gasteiger partial charge is 0.412 e. The first-order valence-electron chi connectivity index (χ1n) is 10.0. The minimum atomic E-state index is -1.01. The van der Waals surface area contributed by atoms with Gasteiger partial charge in [0.05, 0.1) is 23.3 Å². The van der Waals surface area contributed by atoms with E-state index in [1.165, 1.54) is 6.92 Å². The van der Waals surface area contributed by atoms with Crippen molar-refractivity contribution in [2.24, 2.45) is 0 Å². The molecule has 0 spiro atoms. The van der Waals surface area contributed by atoms with Crippen LogP contribution < -0.4 is 5.32 Å². The number of benzene rings is 2. The van der Waals surface area contributed by atoms with E-state index in [0.717, 1.165) is 16.5 Å². The molecule has 0 aliphatic heterocycles. The highest BCUT2D eigenvalue weighted by molar-refractivity contribution is 6.30. The first kappa shape index (κ1) is 22.8. The highest BCUT2D eigenvalue weighted by Crippen LogP contribution is 2.36. The van der Waals surface area contributed by atoms with Crippen LogP contribution in [0.25, 0.3) is 10.9 Å². The molecular formula is C24H27ClN2O4. The third-order valence-corrected chi connectivity index (χ3v) is 5.27. The van der Waals surface area contributed by atoms with Gasteiger partial charge in [-0.15, -0.1) is 0 Å². The van der Waals surface area contributed by atoms with E-state index in [4.69, 9.17) is 16.3 Å². The minimum absolute atomic E-state index is 0.0612. The number of anilines is 1. The van der Waals surface area contributed by atoms with E-state index in [0.29, 0.717) is 10.7 Å². The van der Waals surface area contributed by atoms with Gasteiger partial charge in [-0.25, -0.2) is 4.79 Å². The van der Waals surface area contributed by atoms with Gasteiger partial charge in [0, 0.05) is 23.0 Å². The quantitative estimate of drug-likeness (QED) is 0.538. The Morgan fingerprint density at radius 3 is 2.35 bits per heavy atom. The summed E-state index contributed by atoms with van der Waals surface area (Å²) in [5.74, 6) is -0.0612. The molecule has 1 atom stereocenters. The summed E-state index contributed by atoms with van der Waals surface area (Å²) in [5, 5.41) is 14.7. The van der Waals surface area contributed by atoms with Crippen molar-refractivity contribution in [3.63, 3.8) is 0 Å². The number of ketones is 1. The van der Waals surface area contributed by atoms with Crippen LogP contribution in [-0.4, -0.2) is 33.8 Å². The number of nitrogens with one attached hydrogen (secondary N) is 1. The molecule has 2 N–H and O–H groups in total. The number of Topliss-reactive ketones (excluding diaryl/α,β-unsaturated/α-hetero) is 1.